The number of rotatable bonds is 6. The van der Waals surface area contributed by atoms with Crippen molar-refractivity contribution in [2.75, 3.05) is 19.6 Å². The van der Waals surface area contributed by atoms with Crippen LogP contribution in [-0.4, -0.2) is 30.5 Å². The Balaban J connectivity index is 0.00000324. The number of nitrogens with one attached hydrogen (secondary N) is 2. The largest absolute Gasteiger partial charge is 0.351 e. The summed E-state index contributed by atoms with van der Waals surface area (Å²) in [5, 5.41) is 16.6. The van der Waals surface area contributed by atoms with Crippen LogP contribution in [0.3, 0.4) is 0 Å². The molecule has 0 aromatic heterocycles. The summed E-state index contributed by atoms with van der Waals surface area (Å²) in [7, 11) is 0. The highest BCUT2D eigenvalue weighted by molar-refractivity contribution is 5.98. The van der Waals surface area contributed by atoms with Crippen molar-refractivity contribution in [3.05, 3.63) is 39.4 Å². The van der Waals surface area contributed by atoms with Crippen molar-refractivity contribution in [1.29, 1.82) is 0 Å². The van der Waals surface area contributed by atoms with Crippen LogP contribution in [0.1, 0.15) is 22.8 Å². The third-order valence-corrected chi connectivity index (χ3v) is 2.50. The molecule has 1 amide bonds. The first-order chi connectivity index (χ1) is 8.57. The van der Waals surface area contributed by atoms with Crippen LogP contribution in [0.15, 0.2) is 18.2 Å². The van der Waals surface area contributed by atoms with Crippen LogP contribution in [0, 0.1) is 17.0 Å². The van der Waals surface area contributed by atoms with Crippen LogP contribution in [0.5, 0.6) is 0 Å². The number of benzene rings is 1. The summed E-state index contributed by atoms with van der Waals surface area (Å²) < 4.78 is 0. The molecule has 1 rings (SSSR count). The van der Waals surface area contributed by atoms with E-state index >= 15 is 0 Å². The normalized spacial score (nSPS) is 9.58. The zero-order chi connectivity index (χ0) is 13.5. The lowest BCUT2D eigenvalue weighted by Gasteiger charge is -2.07. The maximum atomic E-state index is 11.8. The Morgan fingerprint density at radius 3 is 2.63 bits per heavy atom. The number of nitro benzene ring substituents is 1. The molecule has 0 spiro atoms. The molecule has 106 valence electrons. The van der Waals surface area contributed by atoms with E-state index in [0.29, 0.717) is 18.7 Å². The standard InChI is InChI=1S/C12H17N3O3.ClH/c1-3-13-7-8-14-12(16)10-6-4-5-9(2)11(10)15(17)18;/h4-6,13H,3,7-8H2,1-2H3,(H,14,16);1H. The first-order valence-corrected chi connectivity index (χ1v) is 5.80. The molecule has 6 nitrogen and oxygen atoms in total. The van der Waals surface area contributed by atoms with Crippen LogP contribution < -0.4 is 10.6 Å². The highest BCUT2D eigenvalue weighted by atomic mass is 35.5. The lowest BCUT2D eigenvalue weighted by molar-refractivity contribution is -0.385. The van der Waals surface area contributed by atoms with Crippen molar-refractivity contribution in [2.45, 2.75) is 13.8 Å². The van der Waals surface area contributed by atoms with Gasteiger partial charge in [-0.25, -0.2) is 0 Å². The number of carbonyl (C=O) groups excluding carboxylic acids is 1. The number of nitro groups is 1. The van der Waals surface area contributed by atoms with Gasteiger partial charge < -0.3 is 10.6 Å². The fourth-order valence-electron chi connectivity index (χ4n) is 1.62. The fraction of sp³-hybridized carbons (Fsp3) is 0.417. The van der Waals surface area contributed by atoms with E-state index in [1.807, 2.05) is 6.92 Å². The van der Waals surface area contributed by atoms with Gasteiger partial charge in [0.05, 0.1) is 4.92 Å². The van der Waals surface area contributed by atoms with E-state index in [0.717, 1.165) is 6.54 Å². The van der Waals surface area contributed by atoms with Gasteiger partial charge in [0.25, 0.3) is 11.6 Å². The lowest BCUT2D eigenvalue weighted by atomic mass is 10.1. The van der Waals surface area contributed by atoms with Crippen molar-refractivity contribution in [3.63, 3.8) is 0 Å². The van der Waals surface area contributed by atoms with Gasteiger partial charge in [-0.05, 0) is 19.5 Å². The second kappa shape index (κ2) is 8.44. The topological polar surface area (TPSA) is 84.3 Å². The van der Waals surface area contributed by atoms with E-state index in [9.17, 15) is 14.9 Å². The van der Waals surface area contributed by atoms with Crippen LogP contribution in [0.2, 0.25) is 0 Å². The lowest BCUT2D eigenvalue weighted by Crippen LogP contribution is -2.32. The van der Waals surface area contributed by atoms with E-state index in [1.165, 1.54) is 6.07 Å². The molecule has 0 bridgehead atoms. The zero-order valence-corrected chi connectivity index (χ0v) is 11.8. The molecule has 0 atom stereocenters. The summed E-state index contributed by atoms with van der Waals surface area (Å²) in [6, 6.07) is 4.73. The minimum Gasteiger partial charge on any atom is -0.351 e. The van der Waals surface area contributed by atoms with Gasteiger partial charge in [0.2, 0.25) is 0 Å². The van der Waals surface area contributed by atoms with Crippen molar-refractivity contribution < 1.29 is 9.72 Å². The smallest absolute Gasteiger partial charge is 0.285 e. The van der Waals surface area contributed by atoms with Gasteiger partial charge in [-0.1, -0.05) is 19.1 Å². The first-order valence-electron chi connectivity index (χ1n) is 5.80. The summed E-state index contributed by atoms with van der Waals surface area (Å²) in [6.45, 7) is 5.49. The average molecular weight is 288 g/mol. The number of amides is 1. The molecule has 0 aliphatic carbocycles. The van der Waals surface area contributed by atoms with Crippen molar-refractivity contribution >= 4 is 24.0 Å². The Hall–Kier alpha value is -1.66. The molecule has 7 heteroatoms. The number of halogens is 1. The van der Waals surface area contributed by atoms with Crippen LogP contribution in [-0.2, 0) is 0 Å². The molecule has 19 heavy (non-hydrogen) atoms. The Kier molecular flexibility index (Phi) is 7.71. The van der Waals surface area contributed by atoms with Crippen molar-refractivity contribution in [2.24, 2.45) is 0 Å². The number of nitrogens with zero attached hydrogens (tertiary/aromatic N) is 1. The van der Waals surface area contributed by atoms with E-state index < -0.39 is 10.8 Å². The number of hydrogen-bond acceptors (Lipinski definition) is 4. The molecular weight excluding hydrogens is 270 g/mol. The third kappa shape index (κ3) is 4.84. The van der Waals surface area contributed by atoms with Crippen molar-refractivity contribution in [3.8, 4) is 0 Å². The molecule has 1 aromatic carbocycles. The van der Waals surface area contributed by atoms with Crippen LogP contribution in [0.4, 0.5) is 5.69 Å². The van der Waals surface area contributed by atoms with Gasteiger partial charge in [0, 0.05) is 18.7 Å². The molecule has 0 aliphatic heterocycles. The number of carbonyl (C=O) groups is 1. The number of aryl methyl sites for hydroxylation is 1. The fourth-order valence-corrected chi connectivity index (χ4v) is 1.62. The minimum absolute atomic E-state index is 0. The molecule has 0 saturated carbocycles. The second-order valence-electron chi connectivity index (χ2n) is 3.84. The summed E-state index contributed by atoms with van der Waals surface area (Å²) >= 11 is 0. The Labute approximate surface area is 118 Å². The van der Waals surface area contributed by atoms with Gasteiger partial charge in [0.15, 0.2) is 0 Å². The zero-order valence-electron chi connectivity index (χ0n) is 10.9. The highest BCUT2D eigenvalue weighted by Crippen LogP contribution is 2.22. The summed E-state index contributed by atoms with van der Waals surface area (Å²) in [6.07, 6.45) is 0. The highest BCUT2D eigenvalue weighted by Gasteiger charge is 2.21. The monoisotopic (exact) mass is 287 g/mol. The molecule has 0 saturated heterocycles. The van der Waals surface area contributed by atoms with Gasteiger partial charge in [0.1, 0.15) is 5.56 Å². The van der Waals surface area contributed by atoms with E-state index in [-0.39, 0.29) is 23.7 Å². The quantitative estimate of drug-likeness (QED) is 0.473. The van der Waals surface area contributed by atoms with Crippen LogP contribution in [0.25, 0.3) is 0 Å². The minimum atomic E-state index is -0.519. The predicted molar refractivity (Wildman–Crippen MR) is 76.0 cm³/mol. The summed E-state index contributed by atoms with van der Waals surface area (Å²) in [5.41, 5.74) is 0.467. The molecule has 0 radical (unpaired) electrons. The molecule has 0 heterocycles. The Morgan fingerprint density at radius 1 is 1.37 bits per heavy atom. The SMILES string of the molecule is CCNCCNC(=O)c1cccc(C)c1[N+](=O)[O-].Cl. The number of para-hydroxylation sites is 1. The second-order valence-corrected chi connectivity index (χ2v) is 3.84. The van der Waals surface area contributed by atoms with Gasteiger partial charge in [-0.15, -0.1) is 12.4 Å². The predicted octanol–water partition coefficient (Wildman–Crippen LogP) is 1.66. The number of likely N-dealkylation sites (N-methyl/N-ethyl adjacent to an activating group) is 1. The van der Waals surface area contributed by atoms with E-state index in [1.54, 1.807) is 19.1 Å². The number of hydrogen-bond donors (Lipinski definition) is 2. The van der Waals surface area contributed by atoms with Crippen LogP contribution >= 0.6 is 12.4 Å². The molecule has 2 N–H and O–H groups in total. The van der Waals surface area contributed by atoms with E-state index in [2.05, 4.69) is 10.6 Å². The Morgan fingerprint density at radius 2 is 2.05 bits per heavy atom. The van der Waals surface area contributed by atoms with Gasteiger partial charge >= 0.3 is 0 Å². The van der Waals surface area contributed by atoms with Gasteiger partial charge in [-0.3, -0.25) is 14.9 Å². The van der Waals surface area contributed by atoms with Gasteiger partial charge in [-0.2, -0.15) is 0 Å². The summed E-state index contributed by atoms with van der Waals surface area (Å²) in [4.78, 5) is 22.3. The third-order valence-electron chi connectivity index (χ3n) is 2.50. The molecular formula is C12H18ClN3O3. The summed E-state index contributed by atoms with van der Waals surface area (Å²) in [5.74, 6) is -0.414. The molecule has 0 unspecified atom stereocenters. The molecule has 0 fully saturated rings. The average Bonchev–Trinajstić information content (AvgIpc) is 2.33. The van der Waals surface area contributed by atoms with E-state index in [4.69, 9.17) is 0 Å². The first kappa shape index (κ1) is 17.3. The van der Waals surface area contributed by atoms with Crippen molar-refractivity contribution in [1.82, 2.24) is 10.6 Å². The Bertz CT molecular complexity index is 452. The maximum Gasteiger partial charge on any atom is 0.285 e. The maximum absolute atomic E-state index is 11.8. The molecule has 0 aliphatic rings. The molecule has 1 aromatic rings.